The molecule has 6 nitrogen and oxygen atoms in total. The molecule has 0 saturated heterocycles. The topological polar surface area (TPSA) is 81.4 Å². The van der Waals surface area contributed by atoms with Crippen LogP contribution in [0.15, 0.2) is 56.8 Å². The van der Waals surface area contributed by atoms with Crippen LogP contribution in [0.5, 0.6) is 0 Å². The van der Waals surface area contributed by atoms with Gasteiger partial charge in [-0.15, -0.1) is 0 Å². The maximum Gasteiger partial charge on any atom is 0.344 e. The highest BCUT2D eigenvalue weighted by Gasteiger charge is 2.19. The van der Waals surface area contributed by atoms with E-state index in [4.69, 9.17) is 9.26 Å². The average Bonchev–Trinajstić information content (AvgIpc) is 3.02. The molecule has 0 aliphatic rings. The lowest BCUT2D eigenvalue weighted by Gasteiger charge is -2.09. The highest BCUT2D eigenvalue weighted by Crippen LogP contribution is 2.31. The van der Waals surface area contributed by atoms with E-state index in [1.165, 1.54) is 16.0 Å². The smallest absolute Gasteiger partial charge is 0.344 e. The van der Waals surface area contributed by atoms with Crippen molar-refractivity contribution in [3.63, 3.8) is 0 Å². The number of ether oxygens (including phenoxy) is 1. The summed E-state index contributed by atoms with van der Waals surface area (Å²) in [4.78, 5) is 26.4. The van der Waals surface area contributed by atoms with E-state index in [0.717, 1.165) is 4.90 Å². The van der Waals surface area contributed by atoms with Crippen LogP contribution < -0.4 is 5.32 Å². The third kappa shape index (κ3) is 5.26. The van der Waals surface area contributed by atoms with Gasteiger partial charge in [0.1, 0.15) is 11.3 Å². The number of aryl methyl sites for hydroxylation is 4. The second-order valence-electron chi connectivity index (χ2n) is 6.72. The number of hydrogen-bond donors (Lipinski definition) is 1. The van der Waals surface area contributed by atoms with Gasteiger partial charge in [0.25, 0.3) is 5.91 Å². The quantitative estimate of drug-likeness (QED) is 0.585. The Kier molecular flexibility index (Phi) is 6.39. The first-order valence-corrected chi connectivity index (χ1v) is 9.90. The maximum absolute atomic E-state index is 12.1. The Morgan fingerprint density at radius 3 is 2.45 bits per heavy atom. The van der Waals surface area contributed by atoms with Crippen molar-refractivity contribution < 1.29 is 18.8 Å². The summed E-state index contributed by atoms with van der Waals surface area (Å²) in [6, 6.07) is 13.9. The summed E-state index contributed by atoms with van der Waals surface area (Å²) in [5.41, 5.74) is 3.76. The zero-order chi connectivity index (χ0) is 21.0. The molecule has 0 unspecified atom stereocenters. The molecule has 7 heteroatoms. The first kappa shape index (κ1) is 20.7. The van der Waals surface area contributed by atoms with Gasteiger partial charge in [-0.25, -0.2) is 4.79 Å². The fourth-order valence-electron chi connectivity index (χ4n) is 2.73. The largest absolute Gasteiger partial charge is 0.452 e. The standard InChI is InChI=1S/C22H22N2O4S/c1-13-5-6-14(2)19(11-13)29-18-9-7-17(8-10-18)23-20(25)12-27-22(26)21-15(3)24-28-16(21)4/h5-11H,12H2,1-4H3,(H,23,25). The van der Waals surface area contributed by atoms with Crippen molar-refractivity contribution >= 4 is 29.3 Å². The molecule has 2 aromatic carbocycles. The van der Waals surface area contributed by atoms with Gasteiger partial charge in [-0.2, -0.15) is 0 Å². The third-order valence-electron chi connectivity index (χ3n) is 4.28. The molecule has 1 N–H and O–H groups in total. The molecule has 0 aliphatic carbocycles. The molecule has 3 aromatic rings. The lowest BCUT2D eigenvalue weighted by atomic mass is 10.2. The SMILES string of the molecule is Cc1ccc(C)c(Sc2ccc(NC(=O)COC(=O)c3c(C)noc3C)cc2)c1. The molecule has 1 aromatic heterocycles. The number of rotatable bonds is 6. The fourth-order valence-corrected chi connectivity index (χ4v) is 3.73. The van der Waals surface area contributed by atoms with E-state index in [2.05, 4.69) is 42.5 Å². The Morgan fingerprint density at radius 1 is 1.07 bits per heavy atom. The molecule has 0 atom stereocenters. The van der Waals surface area contributed by atoms with Gasteiger partial charge in [-0.1, -0.05) is 29.1 Å². The van der Waals surface area contributed by atoms with Gasteiger partial charge < -0.3 is 14.6 Å². The minimum atomic E-state index is -0.628. The molecule has 29 heavy (non-hydrogen) atoms. The molecule has 0 bridgehead atoms. The molecule has 0 aliphatic heterocycles. The number of nitrogens with one attached hydrogen (secondary N) is 1. The van der Waals surface area contributed by atoms with Crippen LogP contribution in [0.25, 0.3) is 0 Å². The normalized spacial score (nSPS) is 10.6. The minimum Gasteiger partial charge on any atom is -0.452 e. The Morgan fingerprint density at radius 2 is 1.79 bits per heavy atom. The summed E-state index contributed by atoms with van der Waals surface area (Å²) < 4.78 is 9.99. The molecule has 3 rings (SSSR count). The van der Waals surface area contributed by atoms with Gasteiger partial charge in [-0.3, -0.25) is 4.79 Å². The summed E-state index contributed by atoms with van der Waals surface area (Å²) in [5, 5.41) is 6.42. The van der Waals surface area contributed by atoms with Gasteiger partial charge in [0.2, 0.25) is 0 Å². The second-order valence-corrected chi connectivity index (χ2v) is 7.83. The second kappa shape index (κ2) is 8.96. The lowest BCUT2D eigenvalue weighted by molar-refractivity contribution is -0.119. The monoisotopic (exact) mass is 410 g/mol. The molecule has 0 spiro atoms. The fraction of sp³-hybridized carbons (Fsp3) is 0.227. The Hall–Kier alpha value is -3.06. The van der Waals surface area contributed by atoms with E-state index < -0.39 is 11.9 Å². The number of esters is 1. The van der Waals surface area contributed by atoms with Gasteiger partial charge in [0, 0.05) is 15.5 Å². The van der Waals surface area contributed by atoms with Crippen LogP contribution in [0.4, 0.5) is 5.69 Å². The number of anilines is 1. The van der Waals surface area contributed by atoms with Gasteiger partial charge in [0.15, 0.2) is 6.61 Å². The van der Waals surface area contributed by atoms with Crippen molar-refractivity contribution in [3.8, 4) is 0 Å². The van der Waals surface area contributed by atoms with Crippen LogP contribution in [-0.4, -0.2) is 23.6 Å². The summed E-state index contributed by atoms with van der Waals surface area (Å²) in [7, 11) is 0. The first-order chi connectivity index (χ1) is 13.8. The zero-order valence-electron chi connectivity index (χ0n) is 16.7. The number of hydrogen-bond acceptors (Lipinski definition) is 6. The number of carbonyl (C=O) groups excluding carboxylic acids is 2. The Bertz CT molecular complexity index is 1020. The molecule has 0 radical (unpaired) electrons. The summed E-state index contributed by atoms with van der Waals surface area (Å²) >= 11 is 1.67. The molecule has 0 fully saturated rings. The highest BCUT2D eigenvalue weighted by molar-refractivity contribution is 7.99. The number of aromatic nitrogens is 1. The number of benzene rings is 2. The highest BCUT2D eigenvalue weighted by atomic mass is 32.2. The van der Waals surface area contributed by atoms with Crippen molar-refractivity contribution in [1.82, 2.24) is 5.16 Å². The van der Waals surface area contributed by atoms with Crippen molar-refractivity contribution in [2.45, 2.75) is 37.5 Å². The molecular weight excluding hydrogens is 388 g/mol. The first-order valence-electron chi connectivity index (χ1n) is 9.08. The van der Waals surface area contributed by atoms with Crippen molar-refractivity contribution in [1.29, 1.82) is 0 Å². The molecular formula is C22H22N2O4S. The van der Waals surface area contributed by atoms with Gasteiger partial charge in [-0.05, 0) is 69.2 Å². The predicted molar refractivity (Wildman–Crippen MR) is 111 cm³/mol. The average molecular weight is 410 g/mol. The van der Waals surface area contributed by atoms with Crippen LogP contribution in [0.1, 0.15) is 32.9 Å². The number of nitrogens with zero attached hydrogens (tertiary/aromatic N) is 1. The van der Waals surface area contributed by atoms with Crippen molar-refractivity contribution in [3.05, 3.63) is 70.6 Å². The Labute approximate surface area is 173 Å². The van der Waals surface area contributed by atoms with Crippen LogP contribution >= 0.6 is 11.8 Å². The Balaban J connectivity index is 1.54. The predicted octanol–water partition coefficient (Wildman–Crippen LogP) is 4.85. The van der Waals surface area contributed by atoms with Crippen molar-refractivity contribution in [2.24, 2.45) is 0 Å². The van der Waals surface area contributed by atoms with E-state index in [-0.39, 0.29) is 12.2 Å². The zero-order valence-corrected chi connectivity index (χ0v) is 17.6. The van der Waals surface area contributed by atoms with Crippen molar-refractivity contribution in [2.75, 3.05) is 11.9 Å². The number of amides is 1. The molecule has 0 saturated carbocycles. The molecule has 150 valence electrons. The van der Waals surface area contributed by atoms with Crippen LogP contribution in [0.2, 0.25) is 0 Å². The minimum absolute atomic E-state index is 0.255. The van der Waals surface area contributed by atoms with Crippen LogP contribution in [-0.2, 0) is 9.53 Å². The van der Waals surface area contributed by atoms with E-state index in [1.807, 2.05) is 24.3 Å². The van der Waals surface area contributed by atoms with Gasteiger partial charge >= 0.3 is 5.97 Å². The maximum atomic E-state index is 12.1. The van der Waals surface area contributed by atoms with Crippen LogP contribution in [0.3, 0.4) is 0 Å². The molecule has 1 heterocycles. The number of carbonyl (C=O) groups is 2. The van der Waals surface area contributed by atoms with E-state index in [1.54, 1.807) is 25.6 Å². The van der Waals surface area contributed by atoms with Crippen LogP contribution in [0, 0.1) is 27.7 Å². The summed E-state index contributed by atoms with van der Waals surface area (Å²) in [6.45, 7) is 7.03. The summed E-state index contributed by atoms with van der Waals surface area (Å²) in [6.07, 6.45) is 0. The van der Waals surface area contributed by atoms with E-state index in [9.17, 15) is 9.59 Å². The van der Waals surface area contributed by atoms with E-state index in [0.29, 0.717) is 17.1 Å². The summed E-state index contributed by atoms with van der Waals surface area (Å²) in [5.74, 6) is -0.679. The molecule has 1 amide bonds. The van der Waals surface area contributed by atoms with E-state index >= 15 is 0 Å². The third-order valence-corrected chi connectivity index (χ3v) is 5.45. The lowest BCUT2D eigenvalue weighted by Crippen LogP contribution is -2.21. The van der Waals surface area contributed by atoms with Gasteiger partial charge in [0.05, 0.1) is 5.69 Å².